The maximum absolute atomic E-state index is 11.0. The number of aliphatic hydroxyl groups excluding tert-OH is 1. The number of carbonyl (C=O) groups excluding carboxylic acids is 1. The average Bonchev–Trinajstić information content (AvgIpc) is 3.00. The van der Waals surface area contributed by atoms with E-state index in [-0.39, 0.29) is 5.92 Å². The number of aryl methyl sites for hydroxylation is 1. The lowest BCUT2D eigenvalue weighted by Gasteiger charge is -2.32. The Kier molecular flexibility index (Phi) is 5.80. The highest BCUT2D eigenvalue weighted by Gasteiger charge is 2.36. The Labute approximate surface area is 140 Å². The molecule has 0 bridgehead atoms. The zero-order valence-corrected chi connectivity index (χ0v) is 14.1. The molecule has 0 radical (unpaired) electrons. The molecule has 124 valence electrons. The predicted molar refractivity (Wildman–Crippen MR) is 88.3 cm³/mol. The van der Waals surface area contributed by atoms with Crippen LogP contribution >= 0.6 is 11.6 Å². The Hall–Kier alpha value is -1.85. The first-order chi connectivity index (χ1) is 11.0. The van der Waals surface area contributed by atoms with Gasteiger partial charge in [-0.1, -0.05) is 31.5 Å². The number of hydrogen-bond donors (Lipinski definition) is 2. The fraction of sp³-hybridized carbons (Fsp3) is 0.412. The minimum atomic E-state index is -0.861. The van der Waals surface area contributed by atoms with Gasteiger partial charge >= 0.3 is 0 Å². The van der Waals surface area contributed by atoms with Gasteiger partial charge in [0.25, 0.3) is 6.47 Å². The monoisotopic (exact) mass is 336 g/mol. The summed E-state index contributed by atoms with van der Waals surface area (Å²) >= 11 is 5.99. The first-order valence-electron chi connectivity index (χ1n) is 7.47. The second kappa shape index (κ2) is 7.62. The molecule has 0 fully saturated rings. The van der Waals surface area contributed by atoms with Crippen LogP contribution in [0.15, 0.2) is 30.7 Å². The van der Waals surface area contributed by atoms with Crippen LogP contribution in [0.4, 0.5) is 0 Å². The molecular formula is C17H21ClN2O3. The number of aromatic nitrogens is 2. The van der Waals surface area contributed by atoms with Gasteiger partial charge in [-0.05, 0) is 36.1 Å². The standard InChI is InChI=1S/C17H21ClN2O3/c1-10(2)17(23-9-21)15(14-7-19-8-20-14)16(22)13-5-4-12(18)6-11(13)3/h4-10,15-17,22H,1-3H3,(H,19,20). The summed E-state index contributed by atoms with van der Waals surface area (Å²) in [7, 11) is 0. The molecule has 0 aliphatic carbocycles. The molecule has 0 amide bonds. The Balaban J connectivity index is 2.46. The molecule has 2 N–H and O–H groups in total. The molecule has 2 rings (SSSR count). The van der Waals surface area contributed by atoms with Gasteiger partial charge in [-0.2, -0.15) is 0 Å². The highest BCUT2D eigenvalue weighted by atomic mass is 35.5. The third-order valence-electron chi connectivity index (χ3n) is 3.99. The van der Waals surface area contributed by atoms with Crippen molar-refractivity contribution in [3.8, 4) is 0 Å². The van der Waals surface area contributed by atoms with Gasteiger partial charge in [0.15, 0.2) is 0 Å². The van der Waals surface area contributed by atoms with E-state index in [4.69, 9.17) is 16.3 Å². The van der Waals surface area contributed by atoms with Crippen molar-refractivity contribution in [2.24, 2.45) is 5.92 Å². The van der Waals surface area contributed by atoms with Gasteiger partial charge in [0.1, 0.15) is 6.10 Å². The van der Waals surface area contributed by atoms with Crippen LogP contribution in [0.25, 0.3) is 0 Å². The maximum atomic E-state index is 11.0. The number of halogens is 1. The number of benzene rings is 1. The van der Waals surface area contributed by atoms with Crippen molar-refractivity contribution in [2.45, 2.75) is 38.9 Å². The topological polar surface area (TPSA) is 75.2 Å². The molecule has 2 aromatic rings. The number of nitrogens with one attached hydrogen (secondary N) is 1. The van der Waals surface area contributed by atoms with Gasteiger partial charge in [-0.15, -0.1) is 0 Å². The van der Waals surface area contributed by atoms with Crippen molar-refractivity contribution < 1.29 is 14.6 Å². The predicted octanol–water partition coefficient (Wildman–Crippen LogP) is 3.39. The Bertz CT molecular complexity index is 643. The maximum Gasteiger partial charge on any atom is 0.293 e. The largest absolute Gasteiger partial charge is 0.463 e. The summed E-state index contributed by atoms with van der Waals surface area (Å²) in [6.45, 7) is 6.20. The molecule has 0 aliphatic rings. The van der Waals surface area contributed by atoms with Crippen LogP contribution in [0.2, 0.25) is 5.02 Å². The molecule has 1 aromatic heterocycles. The van der Waals surface area contributed by atoms with Crippen LogP contribution < -0.4 is 0 Å². The van der Waals surface area contributed by atoms with Crippen LogP contribution in [-0.4, -0.2) is 27.7 Å². The van der Waals surface area contributed by atoms with Gasteiger partial charge in [-0.25, -0.2) is 4.98 Å². The summed E-state index contributed by atoms with van der Waals surface area (Å²) in [5.74, 6) is -0.432. The van der Waals surface area contributed by atoms with Gasteiger partial charge in [-0.3, -0.25) is 4.79 Å². The quantitative estimate of drug-likeness (QED) is 0.760. The van der Waals surface area contributed by atoms with Crippen LogP contribution in [-0.2, 0) is 9.53 Å². The number of nitrogens with zero attached hydrogens (tertiary/aromatic N) is 1. The minimum Gasteiger partial charge on any atom is -0.463 e. The minimum absolute atomic E-state index is 0.0238. The fourth-order valence-electron chi connectivity index (χ4n) is 2.86. The number of aliphatic hydroxyl groups is 1. The van der Waals surface area contributed by atoms with Gasteiger partial charge in [0.05, 0.1) is 18.3 Å². The first-order valence-corrected chi connectivity index (χ1v) is 7.85. The average molecular weight is 337 g/mol. The van der Waals surface area contributed by atoms with Crippen molar-refractivity contribution >= 4 is 18.1 Å². The van der Waals surface area contributed by atoms with Crippen LogP contribution in [0.3, 0.4) is 0 Å². The molecule has 1 aromatic carbocycles. The number of aromatic amines is 1. The molecule has 6 heteroatoms. The fourth-order valence-corrected chi connectivity index (χ4v) is 3.09. The molecule has 1 heterocycles. The lowest BCUT2D eigenvalue weighted by atomic mass is 9.82. The molecule has 5 nitrogen and oxygen atoms in total. The zero-order chi connectivity index (χ0) is 17.0. The van der Waals surface area contributed by atoms with Crippen molar-refractivity contribution in [3.05, 3.63) is 52.6 Å². The number of rotatable bonds is 7. The van der Waals surface area contributed by atoms with E-state index in [0.29, 0.717) is 17.2 Å². The summed E-state index contributed by atoms with van der Waals surface area (Å²) in [5, 5.41) is 11.6. The van der Waals surface area contributed by atoms with Crippen LogP contribution in [0.5, 0.6) is 0 Å². The van der Waals surface area contributed by atoms with Crippen LogP contribution in [0, 0.1) is 12.8 Å². The number of imidazole rings is 1. The zero-order valence-electron chi connectivity index (χ0n) is 13.4. The first kappa shape index (κ1) is 17.5. The highest BCUT2D eigenvalue weighted by Crippen LogP contribution is 2.38. The lowest BCUT2D eigenvalue weighted by Crippen LogP contribution is -2.32. The lowest BCUT2D eigenvalue weighted by molar-refractivity contribution is -0.139. The normalized spacial score (nSPS) is 15.2. The third kappa shape index (κ3) is 3.92. The number of H-pyrrole nitrogens is 1. The summed E-state index contributed by atoms with van der Waals surface area (Å²) in [6, 6.07) is 5.33. The summed E-state index contributed by atoms with van der Waals surface area (Å²) in [4.78, 5) is 18.0. The molecule has 23 heavy (non-hydrogen) atoms. The molecule has 0 saturated heterocycles. The van der Waals surface area contributed by atoms with E-state index < -0.39 is 18.1 Å². The van der Waals surface area contributed by atoms with Gasteiger partial charge in [0.2, 0.25) is 0 Å². The summed E-state index contributed by atoms with van der Waals surface area (Å²) in [5.41, 5.74) is 2.34. The third-order valence-corrected chi connectivity index (χ3v) is 4.23. The van der Waals surface area contributed by atoms with E-state index in [0.717, 1.165) is 11.1 Å². The van der Waals surface area contributed by atoms with Crippen molar-refractivity contribution in [3.63, 3.8) is 0 Å². The molecule has 0 saturated carbocycles. The highest BCUT2D eigenvalue weighted by molar-refractivity contribution is 6.30. The molecule has 3 unspecified atom stereocenters. The van der Waals surface area contributed by atoms with E-state index in [1.54, 1.807) is 30.7 Å². The Morgan fingerprint density at radius 3 is 2.65 bits per heavy atom. The van der Waals surface area contributed by atoms with E-state index >= 15 is 0 Å². The Morgan fingerprint density at radius 1 is 1.39 bits per heavy atom. The van der Waals surface area contributed by atoms with E-state index in [2.05, 4.69) is 9.97 Å². The summed E-state index contributed by atoms with van der Waals surface area (Å²) in [6.07, 6.45) is 1.84. The molecule has 3 atom stereocenters. The van der Waals surface area contributed by atoms with Crippen molar-refractivity contribution in [1.29, 1.82) is 0 Å². The smallest absolute Gasteiger partial charge is 0.293 e. The van der Waals surface area contributed by atoms with Gasteiger partial charge < -0.3 is 14.8 Å². The molecular weight excluding hydrogens is 316 g/mol. The second-order valence-corrected chi connectivity index (χ2v) is 6.36. The Morgan fingerprint density at radius 2 is 2.13 bits per heavy atom. The van der Waals surface area contributed by atoms with E-state index in [1.807, 2.05) is 20.8 Å². The SMILES string of the molecule is Cc1cc(Cl)ccc1C(O)C(c1cnc[nH]1)C(OC=O)C(C)C. The van der Waals surface area contributed by atoms with E-state index in [1.165, 1.54) is 0 Å². The molecule has 0 aliphatic heterocycles. The number of hydrogen-bond acceptors (Lipinski definition) is 4. The number of carbonyl (C=O) groups is 1. The van der Waals surface area contributed by atoms with Crippen molar-refractivity contribution in [2.75, 3.05) is 0 Å². The number of ether oxygens (including phenoxy) is 1. The van der Waals surface area contributed by atoms with Gasteiger partial charge in [0, 0.05) is 16.9 Å². The molecule has 0 spiro atoms. The summed E-state index contributed by atoms with van der Waals surface area (Å²) < 4.78 is 5.28. The van der Waals surface area contributed by atoms with Crippen LogP contribution in [0.1, 0.15) is 42.7 Å². The second-order valence-electron chi connectivity index (χ2n) is 5.92. The van der Waals surface area contributed by atoms with E-state index in [9.17, 15) is 9.90 Å². The van der Waals surface area contributed by atoms with Crippen molar-refractivity contribution in [1.82, 2.24) is 9.97 Å².